The van der Waals surface area contributed by atoms with Crippen molar-refractivity contribution in [2.24, 2.45) is 5.92 Å². The summed E-state index contributed by atoms with van der Waals surface area (Å²) in [6.07, 6.45) is 0.919. The first kappa shape index (κ1) is 13.0. The SMILES string of the molecule is Cc1cc(C(=O)O)ccc1NC(=O)C1CCSC1. The van der Waals surface area contributed by atoms with Crippen molar-refractivity contribution >= 4 is 29.3 Å². The van der Waals surface area contributed by atoms with Gasteiger partial charge in [-0.3, -0.25) is 4.79 Å². The first-order valence-corrected chi connectivity index (χ1v) is 6.96. The maximum absolute atomic E-state index is 11.9. The van der Waals surface area contributed by atoms with Gasteiger partial charge in [-0.25, -0.2) is 4.79 Å². The number of aromatic carboxylic acids is 1. The highest BCUT2D eigenvalue weighted by Crippen LogP contribution is 2.25. The molecule has 0 aromatic heterocycles. The number of thioether (sulfide) groups is 1. The quantitative estimate of drug-likeness (QED) is 0.880. The van der Waals surface area contributed by atoms with E-state index in [1.54, 1.807) is 30.8 Å². The Hall–Kier alpha value is -1.49. The van der Waals surface area contributed by atoms with Crippen LogP contribution in [0.5, 0.6) is 0 Å². The Morgan fingerprint density at radius 3 is 2.78 bits per heavy atom. The molecule has 0 spiro atoms. The number of rotatable bonds is 3. The van der Waals surface area contributed by atoms with Crippen LogP contribution in [-0.4, -0.2) is 28.5 Å². The summed E-state index contributed by atoms with van der Waals surface area (Å²) in [5.41, 5.74) is 1.71. The molecule has 4 nitrogen and oxygen atoms in total. The number of hydrogen-bond donors (Lipinski definition) is 2. The zero-order chi connectivity index (χ0) is 13.1. The maximum Gasteiger partial charge on any atom is 0.335 e. The highest BCUT2D eigenvalue weighted by atomic mass is 32.2. The van der Waals surface area contributed by atoms with Crippen molar-refractivity contribution in [3.05, 3.63) is 29.3 Å². The summed E-state index contributed by atoms with van der Waals surface area (Å²) in [4.78, 5) is 22.8. The number of carboxylic acids is 1. The van der Waals surface area contributed by atoms with E-state index in [-0.39, 0.29) is 17.4 Å². The van der Waals surface area contributed by atoms with Gasteiger partial charge < -0.3 is 10.4 Å². The second-order valence-corrected chi connectivity index (χ2v) is 5.53. The van der Waals surface area contributed by atoms with Crippen LogP contribution < -0.4 is 5.32 Å². The first-order chi connectivity index (χ1) is 8.58. The molecule has 0 aliphatic carbocycles. The molecule has 2 rings (SSSR count). The summed E-state index contributed by atoms with van der Waals surface area (Å²) in [5.74, 6) is 1.07. The third kappa shape index (κ3) is 2.85. The number of amides is 1. The number of benzene rings is 1. The number of carbonyl (C=O) groups excluding carboxylic acids is 1. The molecule has 1 unspecified atom stereocenters. The fourth-order valence-corrected chi connectivity index (χ4v) is 3.13. The molecule has 1 heterocycles. The van der Waals surface area contributed by atoms with Crippen molar-refractivity contribution in [3.8, 4) is 0 Å². The number of carbonyl (C=O) groups is 2. The highest BCUT2D eigenvalue weighted by Gasteiger charge is 2.23. The molecule has 0 saturated carbocycles. The van der Waals surface area contributed by atoms with E-state index in [2.05, 4.69) is 5.32 Å². The summed E-state index contributed by atoms with van der Waals surface area (Å²) >= 11 is 1.79. The number of aryl methyl sites for hydroxylation is 1. The molecule has 1 fully saturated rings. The summed E-state index contributed by atoms with van der Waals surface area (Å²) in [6, 6.07) is 4.73. The van der Waals surface area contributed by atoms with Crippen molar-refractivity contribution in [3.63, 3.8) is 0 Å². The van der Waals surface area contributed by atoms with E-state index in [4.69, 9.17) is 5.11 Å². The van der Waals surface area contributed by atoms with Crippen LogP contribution in [0.15, 0.2) is 18.2 Å². The molecule has 1 atom stereocenters. The van der Waals surface area contributed by atoms with Crippen LogP contribution in [0.4, 0.5) is 5.69 Å². The molecule has 1 aromatic rings. The van der Waals surface area contributed by atoms with Crippen LogP contribution in [0.3, 0.4) is 0 Å². The lowest BCUT2D eigenvalue weighted by Crippen LogP contribution is -2.22. The topological polar surface area (TPSA) is 66.4 Å². The normalized spacial score (nSPS) is 18.6. The van der Waals surface area contributed by atoms with Crippen LogP contribution >= 0.6 is 11.8 Å². The van der Waals surface area contributed by atoms with Crippen molar-refractivity contribution in [2.45, 2.75) is 13.3 Å². The molecular weight excluding hydrogens is 250 g/mol. The predicted octanol–water partition coefficient (Wildman–Crippen LogP) is 2.38. The Morgan fingerprint density at radius 2 is 2.22 bits per heavy atom. The standard InChI is InChI=1S/C13H15NO3S/c1-8-6-9(13(16)17)2-3-11(8)14-12(15)10-4-5-18-7-10/h2-3,6,10H,4-5,7H2,1H3,(H,14,15)(H,16,17). The van der Waals surface area contributed by atoms with Crippen LogP contribution in [-0.2, 0) is 4.79 Å². The van der Waals surface area contributed by atoms with Gasteiger partial charge in [0.15, 0.2) is 0 Å². The molecule has 1 aromatic carbocycles. The van der Waals surface area contributed by atoms with Crippen LogP contribution in [0.1, 0.15) is 22.3 Å². The van der Waals surface area contributed by atoms with Gasteiger partial charge in [0.25, 0.3) is 0 Å². The molecule has 1 aliphatic heterocycles. The largest absolute Gasteiger partial charge is 0.478 e. The third-order valence-electron chi connectivity index (χ3n) is 3.03. The van der Waals surface area contributed by atoms with Gasteiger partial charge in [-0.05, 0) is 42.9 Å². The fraction of sp³-hybridized carbons (Fsp3) is 0.385. The fourth-order valence-electron chi connectivity index (χ4n) is 1.91. The third-order valence-corrected chi connectivity index (χ3v) is 4.19. The minimum Gasteiger partial charge on any atom is -0.478 e. The molecule has 0 bridgehead atoms. The van der Waals surface area contributed by atoms with Crippen LogP contribution in [0.2, 0.25) is 0 Å². The van der Waals surface area contributed by atoms with Gasteiger partial charge in [-0.2, -0.15) is 11.8 Å². The molecule has 1 aliphatic rings. The van der Waals surface area contributed by atoms with Crippen LogP contribution in [0.25, 0.3) is 0 Å². The second kappa shape index (κ2) is 5.44. The lowest BCUT2D eigenvalue weighted by atomic mass is 10.1. The average Bonchev–Trinajstić information content (AvgIpc) is 2.85. The monoisotopic (exact) mass is 265 g/mol. The number of anilines is 1. The number of nitrogens with one attached hydrogen (secondary N) is 1. The van der Waals surface area contributed by atoms with E-state index in [1.165, 1.54) is 6.07 Å². The molecule has 18 heavy (non-hydrogen) atoms. The van der Waals surface area contributed by atoms with E-state index in [1.807, 2.05) is 0 Å². The zero-order valence-electron chi connectivity index (χ0n) is 10.1. The summed E-state index contributed by atoms with van der Waals surface area (Å²) < 4.78 is 0. The van der Waals surface area contributed by atoms with E-state index in [0.29, 0.717) is 5.69 Å². The Morgan fingerprint density at radius 1 is 1.44 bits per heavy atom. The Labute approximate surface area is 110 Å². The van der Waals surface area contributed by atoms with Crippen molar-refractivity contribution < 1.29 is 14.7 Å². The van der Waals surface area contributed by atoms with Gasteiger partial charge in [0.2, 0.25) is 5.91 Å². The van der Waals surface area contributed by atoms with Gasteiger partial charge >= 0.3 is 5.97 Å². The second-order valence-electron chi connectivity index (χ2n) is 4.38. The Kier molecular flexibility index (Phi) is 3.91. The molecule has 2 N–H and O–H groups in total. The minimum atomic E-state index is -0.955. The van der Waals surface area contributed by atoms with Crippen molar-refractivity contribution in [1.82, 2.24) is 0 Å². The summed E-state index contributed by atoms with van der Waals surface area (Å²) in [5, 5.41) is 11.7. The van der Waals surface area contributed by atoms with Gasteiger partial charge in [0.1, 0.15) is 0 Å². The Balaban J connectivity index is 2.09. The van der Waals surface area contributed by atoms with E-state index in [9.17, 15) is 9.59 Å². The molecule has 0 radical (unpaired) electrons. The highest BCUT2D eigenvalue weighted by molar-refractivity contribution is 7.99. The molecule has 1 amide bonds. The van der Waals surface area contributed by atoms with E-state index < -0.39 is 5.97 Å². The summed E-state index contributed by atoms with van der Waals surface area (Å²) in [6.45, 7) is 1.80. The van der Waals surface area contributed by atoms with Crippen molar-refractivity contribution in [2.75, 3.05) is 16.8 Å². The average molecular weight is 265 g/mol. The van der Waals surface area contributed by atoms with E-state index >= 15 is 0 Å². The lowest BCUT2D eigenvalue weighted by molar-refractivity contribution is -0.119. The van der Waals surface area contributed by atoms with Crippen molar-refractivity contribution in [1.29, 1.82) is 0 Å². The van der Waals surface area contributed by atoms with E-state index in [0.717, 1.165) is 23.5 Å². The van der Waals surface area contributed by atoms with Gasteiger partial charge in [-0.15, -0.1) is 0 Å². The first-order valence-electron chi connectivity index (χ1n) is 5.80. The van der Waals surface area contributed by atoms with Gasteiger partial charge in [-0.1, -0.05) is 0 Å². The van der Waals surface area contributed by atoms with Crippen LogP contribution in [0, 0.1) is 12.8 Å². The molecule has 96 valence electrons. The maximum atomic E-state index is 11.9. The summed E-state index contributed by atoms with van der Waals surface area (Å²) in [7, 11) is 0. The zero-order valence-corrected chi connectivity index (χ0v) is 10.9. The molecule has 5 heteroatoms. The smallest absolute Gasteiger partial charge is 0.335 e. The minimum absolute atomic E-state index is 0.0335. The van der Waals surface area contributed by atoms with Gasteiger partial charge in [0.05, 0.1) is 5.56 Å². The molecule has 1 saturated heterocycles. The number of hydrogen-bond acceptors (Lipinski definition) is 3. The molecular formula is C13H15NO3S. The Bertz CT molecular complexity index is 481. The number of carboxylic acid groups (broad SMARTS) is 1. The lowest BCUT2D eigenvalue weighted by Gasteiger charge is -2.12. The van der Waals surface area contributed by atoms with Gasteiger partial charge in [0, 0.05) is 17.4 Å². The predicted molar refractivity (Wildman–Crippen MR) is 72.2 cm³/mol.